The number of carboxylic acid groups (broad SMARTS) is 1. The molecule has 1 amide bonds. The second-order valence-electron chi connectivity index (χ2n) is 4.76. The number of carbonyl (C=O) groups is 2. The van der Waals surface area contributed by atoms with Gasteiger partial charge in [0.25, 0.3) is 0 Å². The zero-order valence-corrected chi connectivity index (χ0v) is 12.0. The van der Waals surface area contributed by atoms with Gasteiger partial charge in [0.15, 0.2) is 0 Å². The molecule has 18 heavy (non-hydrogen) atoms. The first-order valence-corrected chi connectivity index (χ1v) is 7.85. The van der Waals surface area contributed by atoms with E-state index < -0.39 is 12.0 Å². The van der Waals surface area contributed by atoms with Crippen molar-refractivity contribution in [1.29, 1.82) is 0 Å². The zero-order valence-electron chi connectivity index (χ0n) is 11.2. The number of carboxylic acids is 1. The molecule has 1 atom stereocenters. The molecule has 0 heterocycles. The maximum Gasteiger partial charge on any atom is 0.326 e. The summed E-state index contributed by atoms with van der Waals surface area (Å²) in [5, 5.41) is 9.02. The van der Waals surface area contributed by atoms with Crippen LogP contribution >= 0.6 is 11.8 Å². The van der Waals surface area contributed by atoms with E-state index in [1.54, 1.807) is 23.6 Å². The molecule has 4 nitrogen and oxygen atoms in total. The summed E-state index contributed by atoms with van der Waals surface area (Å²) in [5.41, 5.74) is 0. The number of unbranched alkanes of at least 4 members (excludes halogenated alkanes) is 1. The van der Waals surface area contributed by atoms with Crippen molar-refractivity contribution in [3.8, 4) is 0 Å². The highest BCUT2D eigenvalue weighted by atomic mass is 32.2. The number of hydrogen-bond donors (Lipinski definition) is 1. The maximum atomic E-state index is 12.1. The third-order valence-electron chi connectivity index (χ3n) is 3.11. The Balaban J connectivity index is 2.34. The first-order valence-electron chi connectivity index (χ1n) is 6.69. The molecular formula is C13H23NO3S. The van der Waals surface area contributed by atoms with Crippen molar-refractivity contribution in [2.24, 2.45) is 0 Å². The van der Waals surface area contributed by atoms with Gasteiger partial charge in [0.2, 0.25) is 5.91 Å². The predicted octanol–water partition coefficient (Wildman–Crippen LogP) is 2.37. The fraction of sp³-hybridized carbons (Fsp3) is 0.846. The van der Waals surface area contributed by atoms with Crippen LogP contribution in [0.1, 0.15) is 46.0 Å². The summed E-state index contributed by atoms with van der Waals surface area (Å²) in [4.78, 5) is 24.6. The molecule has 1 saturated carbocycles. The van der Waals surface area contributed by atoms with Crippen molar-refractivity contribution in [3.63, 3.8) is 0 Å². The van der Waals surface area contributed by atoms with Crippen LogP contribution in [0.4, 0.5) is 0 Å². The molecule has 1 aliphatic carbocycles. The molecule has 0 spiro atoms. The molecule has 104 valence electrons. The number of amides is 1. The van der Waals surface area contributed by atoms with Crippen molar-refractivity contribution in [2.75, 3.05) is 11.5 Å². The molecule has 0 aromatic carbocycles. The number of thioether (sulfide) groups is 1. The van der Waals surface area contributed by atoms with E-state index in [2.05, 4.69) is 6.92 Å². The maximum absolute atomic E-state index is 12.1. The fourth-order valence-electron chi connectivity index (χ4n) is 1.84. The number of rotatable bonds is 9. The molecule has 1 aliphatic rings. The summed E-state index contributed by atoms with van der Waals surface area (Å²) >= 11 is 1.78. The standard InChI is InChI=1S/C13H23NO3S/c1-3-4-8-18-9-7-12(15)14(11-5-6-11)10(2)13(16)17/h10-11H,3-9H2,1-2H3,(H,16,17). The summed E-state index contributed by atoms with van der Waals surface area (Å²) < 4.78 is 0. The molecule has 5 heteroatoms. The third kappa shape index (κ3) is 4.88. The molecule has 1 fully saturated rings. The van der Waals surface area contributed by atoms with E-state index in [0.717, 1.165) is 24.3 Å². The van der Waals surface area contributed by atoms with Crippen LogP contribution in [-0.2, 0) is 9.59 Å². The van der Waals surface area contributed by atoms with Crippen LogP contribution in [0.3, 0.4) is 0 Å². The van der Waals surface area contributed by atoms with Gasteiger partial charge in [-0.3, -0.25) is 4.79 Å². The Morgan fingerprint density at radius 3 is 2.56 bits per heavy atom. The van der Waals surface area contributed by atoms with Crippen LogP contribution in [0, 0.1) is 0 Å². The Labute approximate surface area is 113 Å². The van der Waals surface area contributed by atoms with Gasteiger partial charge in [-0.1, -0.05) is 13.3 Å². The molecule has 1 rings (SSSR count). The Morgan fingerprint density at radius 2 is 2.06 bits per heavy atom. The average molecular weight is 273 g/mol. The minimum Gasteiger partial charge on any atom is -0.480 e. The lowest BCUT2D eigenvalue weighted by molar-refractivity contribution is -0.149. The highest BCUT2D eigenvalue weighted by molar-refractivity contribution is 7.99. The summed E-state index contributed by atoms with van der Waals surface area (Å²) in [7, 11) is 0. The molecule has 1 N–H and O–H groups in total. The van der Waals surface area contributed by atoms with Crippen LogP contribution < -0.4 is 0 Å². The first-order chi connectivity index (χ1) is 8.57. The van der Waals surface area contributed by atoms with Crippen molar-refractivity contribution in [3.05, 3.63) is 0 Å². The van der Waals surface area contributed by atoms with E-state index in [9.17, 15) is 9.59 Å². The van der Waals surface area contributed by atoms with Crippen LogP contribution in [0.25, 0.3) is 0 Å². The quantitative estimate of drug-likeness (QED) is 0.655. The van der Waals surface area contributed by atoms with Gasteiger partial charge in [-0.25, -0.2) is 4.79 Å². The minimum absolute atomic E-state index is 0.00333. The summed E-state index contributed by atoms with van der Waals surface area (Å²) in [6.45, 7) is 3.75. The smallest absolute Gasteiger partial charge is 0.326 e. The first kappa shape index (κ1) is 15.3. The normalized spacial score (nSPS) is 16.3. The van der Waals surface area contributed by atoms with Crippen molar-refractivity contribution in [2.45, 2.75) is 58.0 Å². The third-order valence-corrected chi connectivity index (χ3v) is 4.18. The number of hydrogen-bond acceptors (Lipinski definition) is 3. The van der Waals surface area contributed by atoms with Gasteiger partial charge in [-0.15, -0.1) is 0 Å². The summed E-state index contributed by atoms with van der Waals surface area (Å²) in [5.74, 6) is 0.973. The van der Waals surface area contributed by atoms with E-state index in [1.165, 1.54) is 12.8 Å². The summed E-state index contributed by atoms with van der Waals surface area (Å²) in [6, 6.07) is -0.519. The van der Waals surface area contributed by atoms with E-state index in [4.69, 9.17) is 5.11 Å². The Morgan fingerprint density at radius 1 is 1.39 bits per heavy atom. The van der Waals surface area contributed by atoms with Crippen LogP contribution in [0.5, 0.6) is 0 Å². The van der Waals surface area contributed by atoms with Crippen molar-refractivity contribution in [1.82, 2.24) is 4.90 Å². The van der Waals surface area contributed by atoms with Crippen molar-refractivity contribution >= 4 is 23.6 Å². The van der Waals surface area contributed by atoms with Crippen LogP contribution in [-0.4, -0.2) is 45.5 Å². The van der Waals surface area contributed by atoms with E-state index in [-0.39, 0.29) is 11.9 Å². The second-order valence-corrected chi connectivity index (χ2v) is 5.99. The Kier molecular flexibility index (Phi) is 6.54. The van der Waals surface area contributed by atoms with Gasteiger partial charge in [-0.05, 0) is 31.9 Å². The lowest BCUT2D eigenvalue weighted by Crippen LogP contribution is -2.44. The highest BCUT2D eigenvalue weighted by Crippen LogP contribution is 2.29. The Hall–Kier alpha value is -0.710. The molecule has 0 aliphatic heterocycles. The lowest BCUT2D eigenvalue weighted by Gasteiger charge is -2.26. The summed E-state index contributed by atoms with van der Waals surface area (Å²) in [6.07, 6.45) is 4.71. The van der Waals surface area contributed by atoms with E-state index in [1.807, 2.05) is 0 Å². The molecule has 0 aromatic heterocycles. The lowest BCUT2D eigenvalue weighted by atomic mass is 10.2. The van der Waals surface area contributed by atoms with E-state index >= 15 is 0 Å². The van der Waals surface area contributed by atoms with Gasteiger partial charge >= 0.3 is 5.97 Å². The van der Waals surface area contributed by atoms with Crippen LogP contribution in [0.15, 0.2) is 0 Å². The minimum atomic E-state index is -0.908. The molecule has 0 radical (unpaired) electrons. The number of aliphatic carboxylic acids is 1. The predicted molar refractivity (Wildman–Crippen MR) is 73.8 cm³/mol. The number of nitrogens with zero attached hydrogens (tertiary/aromatic N) is 1. The van der Waals surface area contributed by atoms with E-state index in [0.29, 0.717) is 6.42 Å². The fourth-order valence-corrected chi connectivity index (χ4v) is 2.86. The van der Waals surface area contributed by atoms with Gasteiger partial charge < -0.3 is 10.0 Å². The Bertz CT molecular complexity index is 292. The molecule has 1 unspecified atom stereocenters. The average Bonchev–Trinajstić information content (AvgIpc) is 3.13. The molecular weight excluding hydrogens is 250 g/mol. The molecule has 0 aromatic rings. The van der Waals surface area contributed by atoms with Gasteiger partial charge in [-0.2, -0.15) is 11.8 Å². The SMILES string of the molecule is CCCCSCCC(=O)N(C1CC1)C(C)C(=O)O. The van der Waals surface area contributed by atoms with Crippen LogP contribution in [0.2, 0.25) is 0 Å². The monoisotopic (exact) mass is 273 g/mol. The largest absolute Gasteiger partial charge is 0.480 e. The van der Waals surface area contributed by atoms with Gasteiger partial charge in [0.1, 0.15) is 6.04 Å². The number of carbonyl (C=O) groups excluding carboxylic acids is 1. The van der Waals surface area contributed by atoms with Gasteiger partial charge in [0, 0.05) is 18.2 Å². The van der Waals surface area contributed by atoms with Crippen molar-refractivity contribution < 1.29 is 14.7 Å². The topological polar surface area (TPSA) is 57.6 Å². The zero-order chi connectivity index (χ0) is 13.5. The second kappa shape index (κ2) is 7.67. The van der Waals surface area contributed by atoms with Gasteiger partial charge in [0.05, 0.1) is 0 Å². The molecule has 0 bridgehead atoms. The highest BCUT2D eigenvalue weighted by Gasteiger charge is 2.37. The molecule has 0 saturated heterocycles.